The number of hydrogen-bond donors (Lipinski definition) is 1. The summed E-state index contributed by atoms with van der Waals surface area (Å²) in [6, 6.07) is 11.2. The summed E-state index contributed by atoms with van der Waals surface area (Å²) in [6.07, 6.45) is 2.04. The molecule has 140 valence electrons. The van der Waals surface area contributed by atoms with E-state index in [0.717, 1.165) is 29.8 Å². The van der Waals surface area contributed by atoms with Crippen LogP contribution in [0.4, 0.5) is 11.4 Å². The lowest BCUT2D eigenvalue weighted by Gasteiger charge is -2.16. The van der Waals surface area contributed by atoms with Gasteiger partial charge in [0.15, 0.2) is 11.5 Å². The highest BCUT2D eigenvalue weighted by atomic mass is 16.5. The normalized spacial score (nSPS) is 10.3. The average Bonchev–Trinajstić information content (AvgIpc) is 2.63. The molecular weight excluding hydrogens is 328 g/mol. The van der Waals surface area contributed by atoms with E-state index < -0.39 is 0 Å². The van der Waals surface area contributed by atoms with Crippen LogP contribution in [0.2, 0.25) is 0 Å². The molecule has 0 aliphatic carbocycles. The van der Waals surface area contributed by atoms with Crippen LogP contribution < -0.4 is 19.7 Å². The molecule has 0 unspecified atom stereocenters. The van der Waals surface area contributed by atoms with Crippen molar-refractivity contribution in [1.82, 2.24) is 0 Å². The maximum Gasteiger partial charge on any atom is 0.255 e. The first kappa shape index (κ1) is 19.6. The molecule has 2 aromatic carbocycles. The van der Waals surface area contributed by atoms with Crippen molar-refractivity contribution in [3.63, 3.8) is 0 Å². The van der Waals surface area contributed by atoms with Gasteiger partial charge in [-0.15, -0.1) is 0 Å². The van der Waals surface area contributed by atoms with Crippen LogP contribution in [0.3, 0.4) is 0 Å². The van der Waals surface area contributed by atoms with Crippen molar-refractivity contribution in [1.29, 1.82) is 0 Å². The molecule has 2 aromatic rings. The molecule has 1 N–H and O–H groups in total. The number of hydrogen-bond acceptors (Lipinski definition) is 4. The van der Waals surface area contributed by atoms with E-state index in [-0.39, 0.29) is 5.91 Å². The van der Waals surface area contributed by atoms with E-state index in [1.807, 2.05) is 44.1 Å². The Morgan fingerprint density at radius 1 is 1.12 bits per heavy atom. The molecule has 5 nitrogen and oxygen atoms in total. The first-order valence-corrected chi connectivity index (χ1v) is 8.86. The SMILES string of the molecule is CCCCOc1ccc(C(=O)Nc2ccc(N(C)C)cc2C)cc1OC. The largest absolute Gasteiger partial charge is 0.493 e. The minimum atomic E-state index is -0.177. The second kappa shape index (κ2) is 9.13. The fraction of sp³-hybridized carbons (Fsp3) is 0.381. The van der Waals surface area contributed by atoms with Gasteiger partial charge in [-0.1, -0.05) is 13.3 Å². The Bertz CT molecular complexity index is 757. The number of amides is 1. The van der Waals surface area contributed by atoms with Crippen LogP contribution in [0.1, 0.15) is 35.7 Å². The second-order valence-electron chi connectivity index (χ2n) is 6.42. The van der Waals surface area contributed by atoms with Crippen molar-refractivity contribution in [3.8, 4) is 11.5 Å². The second-order valence-corrected chi connectivity index (χ2v) is 6.42. The Morgan fingerprint density at radius 2 is 1.88 bits per heavy atom. The molecule has 0 radical (unpaired) electrons. The number of unbranched alkanes of at least 4 members (excludes halogenated alkanes) is 1. The lowest BCUT2D eigenvalue weighted by molar-refractivity contribution is 0.102. The summed E-state index contributed by atoms with van der Waals surface area (Å²) in [6.45, 7) is 4.73. The quantitative estimate of drug-likeness (QED) is 0.708. The molecule has 0 saturated carbocycles. The van der Waals surface area contributed by atoms with Gasteiger partial charge in [0.05, 0.1) is 13.7 Å². The summed E-state index contributed by atoms with van der Waals surface area (Å²) < 4.78 is 11.1. The van der Waals surface area contributed by atoms with Gasteiger partial charge in [-0.2, -0.15) is 0 Å². The first-order valence-electron chi connectivity index (χ1n) is 8.86. The Kier molecular flexibility index (Phi) is 6.89. The van der Waals surface area contributed by atoms with Crippen molar-refractivity contribution in [2.45, 2.75) is 26.7 Å². The molecule has 2 rings (SSSR count). The molecule has 0 aliphatic rings. The molecule has 0 atom stereocenters. The third-order valence-corrected chi connectivity index (χ3v) is 4.16. The summed E-state index contributed by atoms with van der Waals surface area (Å²) in [5.74, 6) is 1.04. The number of carbonyl (C=O) groups excluding carboxylic acids is 1. The Hall–Kier alpha value is -2.69. The zero-order chi connectivity index (χ0) is 19.1. The lowest BCUT2D eigenvalue weighted by Crippen LogP contribution is -2.14. The molecule has 0 bridgehead atoms. The number of anilines is 2. The smallest absolute Gasteiger partial charge is 0.255 e. The summed E-state index contributed by atoms with van der Waals surface area (Å²) in [7, 11) is 5.56. The standard InChI is InChI=1S/C21H28N2O3/c1-6-7-12-26-19-11-8-16(14-20(19)25-5)21(24)22-18-10-9-17(23(3)4)13-15(18)2/h8-11,13-14H,6-7,12H2,1-5H3,(H,22,24). The zero-order valence-corrected chi connectivity index (χ0v) is 16.3. The van der Waals surface area contributed by atoms with Crippen LogP contribution in [0.5, 0.6) is 11.5 Å². The van der Waals surface area contributed by atoms with E-state index >= 15 is 0 Å². The first-order chi connectivity index (χ1) is 12.5. The maximum absolute atomic E-state index is 12.6. The van der Waals surface area contributed by atoms with Crippen molar-refractivity contribution < 1.29 is 14.3 Å². The molecule has 5 heteroatoms. The van der Waals surface area contributed by atoms with Gasteiger partial charge >= 0.3 is 0 Å². The van der Waals surface area contributed by atoms with Crippen LogP contribution in [0.25, 0.3) is 0 Å². The number of carbonyl (C=O) groups is 1. The highest BCUT2D eigenvalue weighted by molar-refractivity contribution is 6.05. The highest BCUT2D eigenvalue weighted by Gasteiger charge is 2.13. The van der Waals surface area contributed by atoms with Crippen molar-refractivity contribution in [2.75, 3.05) is 38.0 Å². The summed E-state index contributed by atoms with van der Waals surface area (Å²) in [4.78, 5) is 14.6. The Labute approximate surface area is 155 Å². The number of aryl methyl sites for hydroxylation is 1. The van der Waals surface area contributed by atoms with Gasteiger partial charge in [-0.3, -0.25) is 4.79 Å². The molecule has 0 spiro atoms. The van der Waals surface area contributed by atoms with Gasteiger partial charge in [0.1, 0.15) is 0 Å². The average molecular weight is 356 g/mol. The van der Waals surface area contributed by atoms with E-state index in [9.17, 15) is 4.79 Å². The van der Waals surface area contributed by atoms with Gasteiger partial charge < -0.3 is 19.7 Å². The van der Waals surface area contributed by atoms with Crippen molar-refractivity contribution >= 4 is 17.3 Å². The predicted molar refractivity (Wildman–Crippen MR) is 107 cm³/mol. The Balaban J connectivity index is 2.14. The number of nitrogens with zero attached hydrogens (tertiary/aromatic N) is 1. The van der Waals surface area contributed by atoms with Crippen LogP contribution in [0, 0.1) is 6.92 Å². The third-order valence-electron chi connectivity index (χ3n) is 4.16. The number of benzene rings is 2. The van der Waals surface area contributed by atoms with Crippen molar-refractivity contribution in [3.05, 3.63) is 47.5 Å². The summed E-state index contributed by atoms with van der Waals surface area (Å²) in [5, 5.41) is 2.96. The van der Waals surface area contributed by atoms with Gasteiger partial charge in [0, 0.05) is 31.0 Å². The summed E-state index contributed by atoms with van der Waals surface area (Å²) >= 11 is 0. The van der Waals surface area contributed by atoms with Gasteiger partial charge in [0.25, 0.3) is 5.91 Å². The fourth-order valence-electron chi connectivity index (χ4n) is 2.52. The number of rotatable bonds is 8. The molecule has 26 heavy (non-hydrogen) atoms. The minimum absolute atomic E-state index is 0.177. The number of nitrogens with one attached hydrogen (secondary N) is 1. The number of methoxy groups -OCH3 is 1. The molecule has 0 heterocycles. The van der Waals surface area contributed by atoms with E-state index in [1.165, 1.54) is 0 Å². The number of ether oxygens (including phenoxy) is 2. The zero-order valence-electron chi connectivity index (χ0n) is 16.3. The molecule has 0 aromatic heterocycles. The van der Waals surface area contributed by atoms with E-state index in [4.69, 9.17) is 9.47 Å². The molecular formula is C21H28N2O3. The van der Waals surface area contributed by atoms with E-state index in [0.29, 0.717) is 23.7 Å². The summed E-state index contributed by atoms with van der Waals surface area (Å²) in [5.41, 5.74) is 3.43. The van der Waals surface area contributed by atoms with Gasteiger partial charge in [-0.05, 0) is 55.3 Å². The topological polar surface area (TPSA) is 50.8 Å². The van der Waals surface area contributed by atoms with Crippen LogP contribution in [-0.4, -0.2) is 33.7 Å². The third kappa shape index (κ3) is 4.91. The van der Waals surface area contributed by atoms with Crippen LogP contribution >= 0.6 is 0 Å². The molecule has 0 saturated heterocycles. The van der Waals surface area contributed by atoms with Crippen LogP contribution in [0.15, 0.2) is 36.4 Å². The maximum atomic E-state index is 12.6. The monoisotopic (exact) mass is 356 g/mol. The minimum Gasteiger partial charge on any atom is -0.493 e. The Morgan fingerprint density at radius 3 is 2.50 bits per heavy atom. The molecule has 0 aliphatic heterocycles. The highest BCUT2D eigenvalue weighted by Crippen LogP contribution is 2.29. The molecule has 1 amide bonds. The molecule has 0 fully saturated rings. The van der Waals surface area contributed by atoms with Gasteiger partial charge in [0.2, 0.25) is 0 Å². The van der Waals surface area contributed by atoms with Crippen molar-refractivity contribution in [2.24, 2.45) is 0 Å². The van der Waals surface area contributed by atoms with E-state index in [2.05, 4.69) is 12.2 Å². The van der Waals surface area contributed by atoms with E-state index in [1.54, 1.807) is 25.3 Å². The predicted octanol–water partition coefficient (Wildman–Crippen LogP) is 4.50. The fourth-order valence-corrected chi connectivity index (χ4v) is 2.52. The van der Waals surface area contributed by atoms with Gasteiger partial charge in [-0.25, -0.2) is 0 Å². The lowest BCUT2D eigenvalue weighted by atomic mass is 10.1. The van der Waals surface area contributed by atoms with Crippen LogP contribution in [-0.2, 0) is 0 Å².